The van der Waals surface area contributed by atoms with Gasteiger partial charge in [-0.25, -0.2) is 0 Å². The largest absolute Gasteiger partial charge is 0.370 e. The molecule has 1 aromatic rings. The third kappa shape index (κ3) is 1.93. The Bertz CT molecular complexity index is 444. The van der Waals surface area contributed by atoms with Crippen LogP contribution in [0.25, 0.3) is 0 Å². The molecular formula is C16H24N2. The van der Waals surface area contributed by atoms with E-state index in [0.717, 1.165) is 0 Å². The minimum atomic E-state index is 0.245. The van der Waals surface area contributed by atoms with Crippen LogP contribution in [0.1, 0.15) is 26.3 Å². The van der Waals surface area contributed by atoms with E-state index in [0.29, 0.717) is 5.41 Å². The van der Waals surface area contributed by atoms with E-state index in [9.17, 15) is 0 Å². The van der Waals surface area contributed by atoms with Crippen molar-refractivity contribution in [1.82, 2.24) is 4.90 Å². The second-order valence-corrected chi connectivity index (χ2v) is 7.33. The Hall–Kier alpha value is -1.02. The van der Waals surface area contributed by atoms with Gasteiger partial charge < -0.3 is 9.80 Å². The Kier molecular flexibility index (Phi) is 2.50. The molecule has 2 fully saturated rings. The summed E-state index contributed by atoms with van der Waals surface area (Å²) < 4.78 is 0. The van der Waals surface area contributed by atoms with Crippen LogP contribution in [0, 0.1) is 5.41 Å². The Balaban J connectivity index is 1.71. The van der Waals surface area contributed by atoms with Crippen LogP contribution in [-0.2, 0) is 5.41 Å². The maximum absolute atomic E-state index is 2.53. The van der Waals surface area contributed by atoms with Crippen LogP contribution in [0.15, 0.2) is 24.3 Å². The van der Waals surface area contributed by atoms with Gasteiger partial charge in [0.15, 0.2) is 0 Å². The van der Waals surface area contributed by atoms with Crippen molar-refractivity contribution < 1.29 is 0 Å². The lowest BCUT2D eigenvalue weighted by atomic mass is 9.73. The van der Waals surface area contributed by atoms with Gasteiger partial charge in [-0.1, -0.05) is 32.9 Å². The molecular weight excluding hydrogens is 220 g/mol. The number of anilines is 1. The van der Waals surface area contributed by atoms with Gasteiger partial charge in [0, 0.05) is 37.3 Å². The molecule has 0 saturated carbocycles. The van der Waals surface area contributed by atoms with Crippen molar-refractivity contribution in [3.8, 4) is 0 Å². The van der Waals surface area contributed by atoms with Crippen molar-refractivity contribution in [2.24, 2.45) is 5.41 Å². The highest BCUT2D eigenvalue weighted by molar-refractivity contribution is 5.53. The molecule has 2 nitrogen and oxygen atoms in total. The molecule has 0 aromatic heterocycles. The average Bonchev–Trinajstić information content (AvgIpc) is 2.20. The van der Waals surface area contributed by atoms with Crippen molar-refractivity contribution in [2.45, 2.75) is 26.2 Å². The molecule has 0 radical (unpaired) electrons. The fourth-order valence-electron chi connectivity index (χ4n) is 3.41. The average molecular weight is 244 g/mol. The number of hydrogen-bond acceptors (Lipinski definition) is 2. The summed E-state index contributed by atoms with van der Waals surface area (Å²) in [5, 5.41) is 0. The molecule has 1 spiro atoms. The summed E-state index contributed by atoms with van der Waals surface area (Å²) in [7, 11) is 2.22. The van der Waals surface area contributed by atoms with E-state index in [1.165, 1.54) is 37.4 Å². The molecule has 0 unspecified atom stereocenters. The third-order valence-corrected chi connectivity index (χ3v) is 4.34. The molecule has 98 valence electrons. The Morgan fingerprint density at radius 1 is 1.06 bits per heavy atom. The molecule has 0 aliphatic carbocycles. The van der Waals surface area contributed by atoms with Crippen LogP contribution < -0.4 is 4.90 Å². The van der Waals surface area contributed by atoms with Crippen molar-refractivity contribution in [2.75, 3.05) is 38.1 Å². The van der Waals surface area contributed by atoms with Crippen LogP contribution in [0.3, 0.4) is 0 Å². The van der Waals surface area contributed by atoms with E-state index >= 15 is 0 Å². The quantitative estimate of drug-likeness (QED) is 0.749. The van der Waals surface area contributed by atoms with E-state index < -0.39 is 0 Å². The van der Waals surface area contributed by atoms with Crippen LogP contribution in [0.2, 0.25) is 0 Å². The fraction of sp³-hybridized carbons (Fsp3) is 0.625. The third-order valence-electron chi connectivity index (χ3n) is 4.34. The summed E-state index contributed by atoms with van der Waals surface area (Å²) in [5.41, 5.74) is 3.70. The lowest BCUT2D eigenvalue weighted by Gasteiger charge is -2.60. The maximum atomic E-state index is 2.53. The second kappa shape index (κ2) is 3.74. The smallest absolute Gasteiger partial charge is 0.0369 e. The van der Waals surface area contributed by atoms with E-state index in [4.69, 9.17) is 0 Å². The minimum Gasteiger partial charge on any atom is -0.370 e. The van der Waals surface area contributed by atoms with Gasteiger partial charge in [0.1, 0.15) is 0 Å². The highest BCUT2D eigenvalue weighted by Crippen LogP contribution is 2.41. The van der Waals surface area contributed by atoms with Gasteiger partial charge in [-0.15, -0.1) is 0 Å². The first-order chi connectivity index (χ1) is 8.38. The zero-order valence-electron chi connectivity index (χ0n) is 12.0. The lowest BCUT2D eigenvalue weighted by Crippen LogP contribution is -2.71. The van der Waals surface area contributed by atoms with Gasteiger partial charge >= 0.3 is 0 Å². The molecule has 3 rings (SSSR count). The van der Waals surface area contributed by atoms with E-state index in [2.05, 4.69) is 61.9 Å². The van der Waals surface area contributed by atoms with Gasteiger partial charge in [0.2, 0.25) is 0 Å². The number of likely N-dealkylation sites (tertiary alicyclic amines) is 1. The molecule has 0 bridgehead atoms. The number of benzene rings is 1. The Labute approximate surface area is 111 Å². The van der Waals surface area contributed by atoms with Crippen molar-refractivity contribution in [1.29, 1.82) is 0 Å². The Morgan fingerprint density at radius 2 is 1.72 bits per heavy atom. The first-order valence-corrected chi connectivity index (χ1v) is 6.92. The number of rotatable bonds is 1. The standard InChI is InChI=1S/C16H24N2/c1-15(2,3)13-6-5-7-14(8-13)18-11-16(12-18)9-17(4)10-16/h5-8H,9-12H2,1-4H3. The highest BCUT2D eigenvalue weighted by Gasteiger charge is 2.50. The van der Waals surface area contributed by atoms with Crippen molar-refractivity contribution in [3.05, 3.63) is 29.8 Å². The summed E-state index contributed by atoms with van der Waals surface area (Å²) in [5.74, 6) is 0. The molecule has 0 N–H and O–H groups in total. The zero-order valence-corrected chi connectivity index (χ0v) is 12.0. The molecule has 2 heteroatoms. The number of hydrogen-bond donors (Lipinski definition) is 0. The fourth-order valence-corrected chi connectivity index (χ4v) is 3.41. The molecule has 2 saturated heterocycles. The Morgan fingerprint density at radius 3 is 2.28 bits per heavy atom. The van der Waals surface area contributed by atoms with E-state index in [-0.39, 0.29) is 5.41 Å². The van der Waals surface area contributed by atoms with Gasteiger partial charge in [-0.05, 0) is 30.2 Å². The van der Waals surface area contributed by atoms with E-state index in [1.807, 2.05) is 0 Å². The summed E-state index contributed by atoms with van der Waals surface area (Å²) in [4.78, 5) is 4.95. The maximum Gasteiger partial charge on any atom is 0.0369 e. The summed E-state index contributed by atoms with van der Waals surface area (Å²) in [6.45, 7) is 11.9. The first-order valence-electron chi connectivity index (χ1n) is 6.92. The monoisotopic (exact) mass is 244 g/mol. The van der Waals surface area contributed by atoms with Crippen molar-refractivity contribution in [3.63, 3.8) is 0 Å². The molecule has 2 aliphatic rings. The summed E-state index contributed by atoms with van der Waals surface area (Å²) in [6.07, 6.45) is 0. The molecule has 1 aromatic carbocycles. The van der Waals surface area contributed by atoms with Gasteiger partial charge in [-0.2, -0.15) is 0 Å². The predicted octanol–water partition coefficient (Wildman–Crippen LogP) is 2.74. The van der Waals surface area contributed by atoms with Crippen LogP contribution >= 0.6 is 0 Å². The topological polar surface area (TPSA) is 6.48 Å². The lowest BCUT2D eigenvalue weighted by molar-refractivity contribution is -0.00239. The van der Waals surface area contributed by atoms with Gasteiger partial charge in [-0.3, -0.25) is 0 Å². The molecule has 18 heavy (non-hydrogen) atoms. The number of nitrogens with zero attached hydrogens (tertiary/aromatic N) is 2. The zero-order chi connectivity index (χ0) is 13.0. The normalized spacial score (nSPS) is 22.8. The van der Waals surface area contributed by atoms with E-state index in [1.54, 1.807) is 0 Å². The van der Waals surface area contributed by atoms with Crippen LogP contribution in [0.4, 0.5) is 5.69 Å². The van der Waals surface area contributed by atoms with Gasteiger partial charge in [0.25, 0.3) is 0 Å². The second-order valence-electron chi connectivity index (χ2n) is 7.33. The highest BCUT2D eigenvalue weighted by atomic mass is 15.3. The predicted molar refractivity (Wildman–Crippen MR) is 77.3 cm³/mol. The summed E-state index contributed by atoms with van der Waals surface area (Å²) in [6, 6.07) is 9.07. The van der Waals surface area contributed by atoms with Crippen LogP contribution in [0.5, 0.6) is 0 Å². The minimum absolute atomic E-state index is 0.245. The van der Waals surface area contributed by atoms with Gasteiger partial charge in [0.05, 0.1) is 0 Å². The first kappa shape index (κ1) is 12.0. The molecule has 2 aliphatic heterocycles. The van der Waals surface area contributed by atoms with Crippen LogP contribution in [-0.4, -0.2) is 38.1 Å². The van der Waals surface area contributed by atoms with Crippen molar-refractivity contribution >= 4 is 5.69 Å². The molecule has 0 atom stereocenters. The summed E-state index contributed by atoms with van der Waals surface area (Å²) >= 11 is 0. The molecule has 2 heterocycles. The SMILES string of the molecule is CN1CC2(C1)CN(c1cccc(C(C)(C)C)c1)C2. The molecule has 0 amide bonds.